The fourth-order valence-electron chi connectivity index (χ4n) is 2.57. The van der Waals surface area contributed by atoms with E-state index >= 15 is 0 Å². The van der Waals surface area contributed by atoms with Crippen LogP contribution >= 0.6 is 11.3 Å². The third-order valence-electron chi connectivity index (χ3n) is 3.69. The lowest BCUT2D eigenvalue weighted by Gasteiger charge is -2.24. The van der Waals surface area contributed by atoms with Crippen molar-refractivity contribution in [3.8, 4) is 5.75 Å². The molecule has 2 nitrogen and oxygen atoms in total. The van der Waals surface area contributed by atoms with Crippen LogP contribution in [0.15, 0.2) is 47.8 Å². The van der Waals surface area contributed by atoms with Gasteiger partial charge in [-0.05, 0) is 48.3 Å². The Morgan fingerprint density at radius 3 is 2.75 bits per heavy atom. The van der Waals surface area contributed by atoms with Gasteiger partial charge in [-0.3, -0.25) is 0 Å². The van der Waals surface area contributed by atoms with E-state index in [1.807, 2.05) is 5.38 Å². The molecule has 0 aliphatic carbocycles. The summed E-state index contributed by atoms with van der Waals surface area (Å²) in [5, 5.41) is 5.12. The maximum Gasteiger partial charge on any atom is 0.165 e. The van der Waals surface area contributed by atoms with Gasteiger partial charge in [-0.1, -0.05) is 12.1 Å². The molecule has 1 aromatic heterocycles. The first-order valence-corrected chi connectivity index (χ1v) is 8.34. The van der Waals surface area contributed by atoms with Gasteiger partial charge in [0.2, 0.25) is 0 Å². The number of thiophene rings is 1. The van der Waals surface area contributed by atoms with Crippen molar-refractivity contribution < 1.29 is 17.9 Å². The molecule has 0 bridgehead atoms. The Hall–Kier alpha value is -2.05. The molecule has 1 N–H and O–H groups in total. The van der Waals surface area contributed by atoms with Gasteiger partial charge in [0.25, 0.3) is 0 Å². The Kier molecular flexibility index (Phi) is 5.06. The number of ether oxygens (including phenoxy) is 1. The molecule has 3 rings (SSSR count). The molecule has 0 saturated carbocycles. The minimum absolute atomic E-state index is 0.00239. The molecule has 0 saturated heterocycles. The highest BCUT2D eigenvalue weighted by Crippen LogP contribution is 2.36. The van der Waals surface area contributed by atoms with E-state index in [0.717, 1.165) is 4.70 Å². The molecule has 3 aromatic rings. The Morgan fingerprint density at radius 1 is 1.17 bits per heavy atom. The van der Waals surface area contributed by atoms with Crippen LogP contribution in [0.25, 0.3) is 10.1 Å². The fourth-order valence-corrected chi connectivity index (χ4v) is 3.36. The van der Waals surface area contributed by atoms with Gasteiger partial charge in [-0.15, -0.1) is 11.3 Å². The van der Waals surface area contributed by atoms with Crippen LogP contribution in [0.4, 0.5) is 13.2 Å². The summed E-state index contributed by atoms with van der Waals surface area (Å²) in [6.45, 7) is 0.00239. The predicted octanol–water partition coefficient (Wildman–Crippen LogP) is 4.86. The van der Waals surface area contributed by atoms with Crippen LogP contribution in [0, 0.1) is 11.6 Å². The predicted molar refractivity (Wildman–Crippen MR) is 90.4 cm³/mol. The Labute approximate surface area is 141 Å². The van der Waals surface area contributed by atoms with Gasteiger partial charge in [-0.25, -0.2) is 13.2 Å². The molecule has 0 fully saturated rings. The third kappa shape index (κ3) is 3.39. The summed E-state index contributed by atoms with van der Waals surface area (Å²) in [6.07, 6.45) is -2.58. The summed E-state index contributed by atoms with van der Waals surface area (Å²) in [5.41, 5.74) is 0.324. The summed E-state index contributed by atoms with van der Waals surface area (Å²) < 4.78 is 49.0. The van der Waals surface area contributed by atoms with Crippen molar-refractivity contribution in [3.63, 3.8) is 0 Å². The van der Waals surface area contributed by atoms with Gasteiger partial charge >= 0.3 is 0 Å². The van der Waals surface area contributed by atoms with E-state index in [-0.39, 0.29) is 12.3 Å². The summed E-state index contributed by atoms with van der Waals surface area (Å²) in [6, 6.07) is 10.2. The molecular formula is C18H16F3NOS. The zero-order valence-electron chi connectivity index (χ0n) is 12.9. The number of alkyl halides is 1. The Morgan fingerprint density at radius 2 is 2.00 bits per heavy atom. The molecule has 2 atom stereocenters. The van der Waals surface area contributed by atoms with Crippen LogP contribution in [0.2, 0.25) is 0 Å². The molecule has 24 heavy (non-hydrogen) atoms. The quantitative estimate of drug-likeness (QED) is 0.685. The molecule has 6 heteroatoms. The van der Waals surface area contributed by atoms with E-state index in [0.29, 0.717) is 10.9 Å². The largest absolute Gasteiger partial charge is 0.479 e. The molecular weight excluding hydrogens is 335 g/mol. The van der Waals surface area contributed by atoms with E-state index in [2.05, 4.69) is 5.32 Å². The molecule has 0 aliphatic heterocycles. The minimum Gasteiger partial charge on any atom is -0.479 e. The van der Waals surface area contributed by atoms with Gasteiger partial charge in [0.05, 0.1) is 0 Å². The lowest BCUT2D eigenvalue weighted by molar-refractivity contribution is 0.0974. The maximum absolute atomic E-state index is 14.6. The topological polar surface area (TPSA) is 21.3 Å². The SMILES string of the molecule is CNCC(F)C(Oc1c(F)ccc2sccc12)c1cccc(F)c1. The van der Waals surface area contributed by atoms with Gasteiger partial charge in [0, 0.05) is 16.6 Å². The average molecular weight is 351 g/mol. The summed E-state index contributed by atoms with van der Waals surface area (Å²) in [4.78, 5) is 0. The second kappa shape index (κ2) is 7.23. The highest BCUT2D eigenvalue weighted by atomic mass is 32.1. The highest BCUT2D eigenvalue weighted by Gasteiger charge is 2.27. The first-order chi connectivity index (χ1) is 11.6. The molecule has 126 valence electrons. The Bertz CT molecular complexity index is 836. The van der Waals surface area contributed by atoms with Crippen molar-refractivity contribution in [2.75, 3.05) is 13.6 Å². The second-order valence-electron chi connectivity index (χ2n) is 5.38. The first-order valence-electron chi connectivity index (χ1n) is 7.46. The smallest absolute Gasteiger partial charge is 0.165 e. The zero-order valence-corrected chi connectivity index (χ0v) is 13.7. The van der Waals surface area contributed by atoms with Crippen molar-refractivity contribution in [2.45, 2.75) is 12.3 Å². The van der Waals surface area contributed by atoms with Gasteiger partial charge in [-0.2, -0.15) is 0 Å². The number of fused-ring (bicyclic) bond motifs is 1. The molecule has 2 aromatic carbocycles. The normalized spacial score (nSPS) is 13.8. The van der Waals surface area contributed by atoms with Crippen LogP contribution in [0.3, 0.4) is 0 Å². The van der Waals surface area contributed by atoms with Gasteiger partial charge in [0.15, 0.2) is 23.8 Å². The summed E-state index contributed by atoms with van der Waals surface area (Å²) >= 11 is 1.44. The lowest BCUT2D eigenvalue weighted by Crippen LogP contribution is -2.29. The number of rotatable bonds is 6. The van der Waals surface area contributed by atoms with E-state index in [4.69, 9.17) is 4.74 Å². The average Bonchev–Trinajstić information content (AvgIpc) is 3.03. The van der Waals surface area contributed by atoms with Crippen LogP contribution in [-0.2, 0) is 0 Å². The zero-order chi connectivity index (χ0) is 17.1. The van der Waals surface area contributed by atoms with Crippen LogP contribution in [0.5, 0.6) is 5.75 Å². The lowest BCUT2D eigenvalue weighted by atomic mass is 10.0. The van der Waals surface area contributed by atoms with Crippen LogP contribution < -0.4 is 10.1 Å². The number of hydrogen-bond acceptors (Lipinski definition) is 3. The first kappa shape index (κ1) is 16.8. The number of hydrogen-bond donors (Lipinski definition) is 1. The van der Waals surface area contributed by atoms with Crippen molar-refractivity contribution in [2.24, 2.45) is 0 Å². The minimum atomic E-state index is -1.47. The molecule has 0 spiro atoms. The molecule has 0 amide bonds. The van der Waals surface area contributed by atoms with Crippen LogP contribution in [0.1, 0.15) is 11.7 Å². The van der Waals surface area contributed by atoms with Gasteiger partial charge < -0.3 is 10.1 Å². The molecule has 0 radical (unpaired) electrons. The van der Waals surface area contributed by atoms with Gasteiger partial charge in [0.1, 0.15) is 5.82 Å². The molecule has 0 aliphatic rings. The maximum atomic E-state index is 14.6. The summed E-state index contributed by atoms with van der Waals surface area (Å²) in [5.74, 6) is -1.08. The molecule has 1 heterocycles. The number of benzene rings is 2. The standard InChI is InChI=1S/C18H16F3NOS/c1-22-10-15(21)17(11-3-2-4-12(19)9-11)23-18-13-7-8-24-16(13)6-5-14(18)20/h2-9,15,17,22H,10H2,1H3. The Balaban J connectivity index is 2.02. The summed E-state index contributed by atoms with van der Waals surface area (Å²) in [7, 11) is 1.61. The van der Waals surface area contributed by atoms with Crippen molar-refractivity contribution in [3.05, 3.63) is 65.0 Å². The van der Waals surface area contributed by atoms with Crippen molar-refractivity contribution in [1.29, 1.82) is 0 Å². The van der Waals surface area contributed by atoms with E-state index in [1.54, 1.807) is 25.2 Å². The van der Waals surface area contributed by atoms with Crippen molar-refractivity contribution >= 4 is 21.4 Å². The molecule has 2 unspecified atom stereocenters. The third-order valence-corrected chi connectivity index (χ3v) is 4.57. The number of nitrogens with one attached hydrogen (secondary N) is 1. The monoisotopic (exact) mass is 351 g/mol. The van der Waals surface area contributed by atoms with E-state index in [9.17, 15) is 13.2 Å². The van der Waals surface area contributed by atoms with E-state index in [1.165, 1.54) is 35.6 Å². The number of halogens is 3. The van der Waals surface area contributed by atoms with Crippen LogP contribution in [-0.4, -0.2) is 19.8 Å². The van der Waals surface area contributed by atoms with E-state index < -0.39 is 23.9 Å². The highest BCUT2D eigenvalue weighted by molar-refractivity contribution is 7.17. The second-order valence-corrected chi connectivity index (χ2v) is 6.32. The van der Waals surface area contributed by atoms with Crippen molar-refractivity contribution in [1.82, 2.24) is 5.32 Å². The fraction of sp³-hybridized carbons (Fsp3) is 0.222.